The van der Waals surface area contributed by atoms with Crippen LogP contribution in [0.1, 0.15) is 36.4 Å². The van der Waals surface area contributed by atoms with E-state index >= 15 is 0 Å². The molecule has 0 saturated heterocycles. The molecule has 0 spiro atoms. The zero-order chi connectivity index (χ0) is 13.1. The largest absolute Gasteiger partial charge is 0.310 e. The standard InChI is InChI=1S/C18H21N/c1-14(15-8-4-2-5-9-15)19-13-17-12-18(17)16-10-6-3-7-11-16/h2-11,14,17-19H,12-13H2,1H3/t14-,17?,18?/m1/s1. The zero-order valence-corrected chi connectivity index (χ0v) is 11.4. The molecule has 0 bridgehead atoms. The van der Waals surface area contributed by atoms with Crippen LogP contribution in [0.25, 0.3) is 0 Å². The molecule has 1 heteroatoms. The third-order valence-electron chi connectivity index (χ3n) is 4.14. The first-order valence-electron chi connectivity index (χ1n) is 7.18. The SMILES string of the molecule is C[C@@H](NCC1CC1c1ccccc1)c1ccccc1. The van der Waals surface area contributed by atoms with E-state index in [9.17, 15) is 0 Å². The second-order valence-electron chi connectivity index (χ2n) is 5.55. The third-order valence-corrected chi connectivity index (χ3v) is 4.14. The minimum atomic E-state index is 0.443. The topological polar surface area (TPSA) is 12.0 Å². The minimum absolute atomic E-state index is 0.443. The predicted octanol–water partition coefficient (Wildman–Crippen LogP) is 4.14. The maximum absolute atomic E-state index is 3.66. The van der Waals surface area contributed by atoms with Gasteiger partial charge in [0.1, 0.15) is 0 Å². The van der Waals surface area contributed by atoms with E-state index in [0.717, 1.165) is 18.4 Å². The molecular formula is C18H21N. The number of benzene rings is 2. The van der Waals surface area contributed by atoms with Gasteiger partial charge in [0, 0.05) is 6.04 Å². The van der Waals surface area contributed by atoms with Crippen molar-refractivity contribution in [1.29, 1.82) is 0 Å². The average molecular weight is 251 g/mol. The summed E-state index contributed by atoms with van der Waals surface area (Å²) >= 11 is 0. The fraction of sp³-hybridized carbons (Fsp3) is 0.333. The van der Waals surface area contributed by atoms with Crippen LogP contribution in [0.5, 0.6) is 0 Å². The fourth-order valence-corrected chi connectivity index (χ4v) is 2.77. The lowest BCUT2D eigenvalue weighted by Gasteiger charge is -2.14. The molecule has 2 aromatic carbocycles. The molecule has 0 aliphatic heterocycles. The molecule has 0 heterocycles. The van der Waals surface area contributed by atoms with Gasteiger partial charge in [-0.3, -0.25) is 0 Å². The summed E-state index contributed by atoms with van der Waals surface area (Å²) in [4.78, 5) is 0. The Hall–Kier alpha value is -1.60. The van der Waals surface area contributed by atoms with E-state index in [2.05, 4.69) is 72.9 Å². The normalized spacial score (nSPS) is 23.0. The maximum Gasteiger partial charge on any atom is 0.0291 e. The Bertz CT molecular complexity index is 506. The summed E-state index contributed by atoms with van der Waals surface area (Å²) in [5.41, 5.74) is 2.88. The molecule has 1 aliphatic rings. The summed E-state index contributed by atoms with van der Waals surface area (Å²) in [5.74, 6) is 1.59. The molecule has 0 amide bonds. The van der Waals surface area contributed by atoms with Gasteiger partial charge in [-0.1, -0.05) is 60.7 Å². The molecule has 1 saturated carbocycles. The number of hydrogen-bond acceptors (Lipinski definition) is 1. The Kier molecular flexibility index (Phi) is 3.65. The van der Waals surface area contributed by atoms with Gasteiger partial charge in [0.2, 0.25) is 0 Å². The highest BCUT2D eigenvalue weighted by Gasteiger charge is 2.37. The van der Waals surface area contributed by atoms with E-state index in [1.165, 1.54) is 17.5 Å². The maximum atomic E-state index is 3.66. The molecule has 1 nitrogen and oxygen atoms in total. The molecular weight excluding hydrogens is 230 g/mol. The van der Waals surface area contributed by atoms with Crippen LogP contribution in [0, 0.1) is 5.92 Å². The van der Waals surface area contributed by atoms with Gasteiger partial charge in [-0.25, -0.2) is 0 Å². The molecule has 98 valence electrons. The lowest BCUT2D eigenvalue weighted by atomic mass is 10.1. The van der Waals surface area contributed by atoms with Crippen molar-refractivity contribution in [3.63, 3.8) is 0 Å². The fourth-order valence-electron chi connectivity index (χ4n) is 2.77. The van der Waals surface area contributed by atoms with Gasteiger partial charge in [0.25, 0.3) is 0 Å². The molecule has 0 aromatic heterocycles. The van der Waals surface area contributed by atoms with Crippen molar-refractivity contribution in [2.75, 3.05) is 6.54 Å². The number of nitrogens with one attached hydrogen (secondary N) is 1. The molecule has 0 radical (unpaired) electrons. The van der Waals surface area contributed by atoms with Crippen molar-refractivity contribution < 1.29 is 0 Å². The first-order valence-corrected chi connectivity index (χ1v) is 7.18. The molecule has 1 N–H and O–H groups in total. The Morgan fingerprint density at radius 1 is 1.00 bits per heavy atom. The van der Waals surface area contributed by atoms with Crippen LogP contribution >= 0.6 is 0 Å². The lowest BCUT2D eigenvalue weighted by molar-refractivity contribution is 0.543. The first kappa shape index (κ1) is 12.4. The minimum Gasteiger partial charge on any atom is -0.310 e. The first-order chi connectivity index (χ1) is 9.34. The third kappa shape index (κ3) is 3.05. The summed E-state index contributed by atoms with van der Waals surface area (Å²) < 4.78 is 0. The predicted molar refractivity (Wildman–Crippen MR) is 80.1 cm³/mol. The molecule has 3 rings (SSSR count). The molecule has 2 unspecified atom stereocenters. The van der Waals surface area contributed by atoms with Crippen molar-refractivity contribution in [2.24, 2.45) is 5.92 Å². The zero-order valence-electron chi connectivity index (χ0n) is 11.4. The van der Waals surface area contributed by atoms with Gasteiger partial charge in [0.15, 0.2) is 0 Å². The van der Waals surface area contributed by atoms with Gasteiger partial charge >= 0.3 is 0 Å². The Morgan fingerprint density at radius 3 is 2.32 bits per heavy atom. The van der Waals surface area contributed by atoms with Crippen LogP contribution in [-0.4, -0.2) is 6.54 Å². The monoisotopic (exact) mass is 251 g/mol. The summed E-state index contributed by atoms with van der Waals surface area (Å²) in [6.45, 7) is 3.37. The molecule has 1 fully saturated rings. The van der Waals surface area contributed by atoms with Crippen LogP contribution < -0.4 is 5.32 Å². The average Bonchev–Trinajstić information content (AvgIpc) is 3.26. The van der Waals surface area contributed by atoms with Crippen LogP contribution in [0.15, 0.2) is 60.7 Å². The highest BCUT2D eigenvalue weighted by atomic mass is 14.9. The van der Waals surface area contributed by atoms with E-state index in [0.29, 0.717) is 6.04 Å². The Labute approximate surface area is 115 Å². The van der Waals surface area contributed by atoms with Gasteiger partial charge in [-0.05, 0) is 42.9 Å². The quantitative estimate of drug-likeness (QED) is 0.842. The van der Waals surface area contributed by atoms with Gasteiger partial charge in [0.05, 0.1) is 0 Å². The van der Waals surface area contributed by atoms with E-state index in [4.69, 9.17) is 0 Å². The molecule has 3 atom stereocenters. The van der Waals surface area contributed by atoms with E-state index in [1.54, 1.807) is 0 Å². The van der Waals surface area contributed by atoms with Crippen molar-refractivity contribution in [2.45, 2.75) is 25.3 Å². The second-order valence-corrected chi connectivity index (χ2v) is 5.55. The number of rotatable bonds is 5. The summed E-state index contributed by atoms with van der Waals surface area (Å²) in [5, 5.41) is 3.66. The summed E-state index contributed by atoms with van der Waals surface area (Å²) in [6.07, 6.45) is 1.33. The van der Waals surface area contributed by atoms with Crippen molar-refractivity contribution in [1.82, 2.24) is 5.32 Å². The summed E-state index contributed by atoms with van der Waals surface area (Å²) in [7, 11) is 0. The highest BCUT2D eigenvalue weighted by molar-refractivity contribution is 5.26. The van der Waals surface area contributed by atoms with Crippen molar-refractivity contribution in [3.05, 3.63) is 71.8 Å². The van der Waals surface area contributed by atoms with Crippen LogP contribution in [-0.2, 0) is 0 Å². The summed E-state index contributed by atoms with van der Waals surface area (Å²) in [6, 6.07) is 22.0. The molecule has 1 aliphatic carbocycles. The molecule has 19 heavy (non-hydrogen) atoms. The Morgan fingerprint density at radius 2 is 1.63 bits per heavy atom. The Balaban J connectivity index is 1.50. The number of hydrogen-bond donors (Lipinski definition) is 1. The van der Waals surface area contributed by atoms with E-state index in [1.807, 2.05) is 0 Å². The van der Waals surface area contributed by atoms with Crippen LogP contribution in [0.2, 0.25) is 0 Å². The van der Waals surface area contributed by atoms with E-state index < -0.39 is 0 Å². The highest BCUT2D eigenvalue weighted by Crippen LogP contribution is 2.46. The smallest absolute Gasteiger partial charge is 0.0291 e. The van der Waals surface area contributed by atoms with Crippen LogP contribution in [0.4, 0.5) is 0 Å². The van der Waals surface area contributed by atoms with Crippen molar-refractivity contribution in [3.8, 4) is 0 Å². The van der Waals surface area contributed by atoms with Gasteiger partial charge in [-0.2, -0.15) is 0 Å². The van der Waals surface area contributed by atoms with Gasteiger partial charge in [-0.15, -0.1) is 0 Å². The van der Waals surface area contributed by atoms with Crippen molar-refractivity contribution >= 4 is 0 Å². The van der Waals surface area contributed by atoms with E-state index in [-0.39, 0.29) is 0 Å². The second kappa shape index (κ2) is 5.58. The van der Waals surface area contributed by atoms with Gasteiger partial charge < -0.3 is 5.32 Å². The molecule has 2 aromatic rings. The lowest BCUT2D eigenvalue weighted by Crippen LogP contribution is -2.21. The van der Waals surface area contributed by atoms with Crippen LogP contribution in [0.3, 0.4) is 0 Å².